The maximum Gasteiger partial charge on any atom is 0.265 e. The lowest BCUT2D eigenvalue weighted by Gasteiger charge is -2.14. The van der Waals surface area contributed by atoms with Crippen molar-refractivity contribution in [3.63, 3.8) is 0 Å². The first-order chi connectivity index (χ1) is 14.2. The van der Waals surface area contributed by atoms with Gasteiger partial charge < -0.3 is 10.1 Å². The Kier molecular flexibility index (Phi) is 6.34. The zero-order valence-electron chi connectivity index (χ0n) is 16.7. The van der Waals surface area contributed by atoms with Crippen LogP contribution < -0.4 is 14.8 Å². The fraction of sp³-hybridized carbons (Fsp3) is 0.136. The van der Waals surface area contributed by atoms with Gasteiger partial charge in [-0.05, 0) is 61.9 Å². The number of hydrogen-bond donors (Lipinski definition) is 2. The molecule has 0 radical (unpaired) electrons. The van der Waals surface area contributed by atoms with E-state index >= 15 is 0 Å². The summed E-state index contributed by atoms with van der Waals surface area (Å²) in [6, 6.07) is 16.3. The Labute approximate surface area is 180 Å². The summed E-state index contributed by atoms with van der Waals surface area (Å²) in [6.07, 6.45) is 0. The molecule has 30 heavy (non-hydrogen) atoms. The molecule has 0 aliphatic carbocycles. The maximum absolute atomic E-state index is 12.9. The number of halogens is 1. The highest BCUT2D eigenvalue weighted by Crippen LogP contribution is 2.28. The summed E-state index contributed by atoms with van der Waals surface area (Å²) >= 11 is 6.17. The Morgan fingerprint density at radius 3 is 2.23 bits per heavy atom. The molecule has 0 spiro atoms. The van der Waals surface area contributed by atoms with E-state index in [1.165, 1.54) is 25.3 Å². The maximum atomic E-state index is 12.9. The Morgan fingerprint density at radius 2 is 1.60 bits per heavy atom. The van der Waals surface area contributed by atoms with Crippen molar-refractivity contribution in [2.75, 3.05) is 17.1 Å². The van der Waals surface area contributed by atoms with Crippen LogP contribution in [0.1, 0.15) is 21.5 Å². The second-order valence-corrected chi connectivity index (χ2v) is 8.83. The van der Waals surface area contributed by atoms with E-state index in [9.17, 15) is 13.2 Å². The van der Waals surface area contributed by atoms with Crippen molar-refractivity contribution in [1.82, 2.24) is 0 Å². The minimum absolute atomic E-state index is 0.125. The normalized spacial score (nSPS) is 11.1. The molecule has 0 aliphatic heterocycles. The van der Waals surface area contributed by atoms with E-state index in [2.05, 4.69) is 10.0 Å². The highest BCUT2D eigenvalue weighted by atomic mass is 35.5. The van der Waals surface area contributed by atoms with Crippen molar-refractivity contribution in [3.8, 4) is 5.75 Å². The second-order valence-electron chi connectivity index (χ2n) is 6.77. The summed E-state index contributed by atoms with van der Waals surface area (Å²) in [5.41, 5.74) is 2.95. The highest BCUT2D eigenvalue weighted by Gasteiger charge is 2.22. The summed E-state index contributed by atoms with van der Waals surface area (Å²) in [4.78, 5) is 12.6. The average molecular weight is 445 g/mol. The molecule has 0 saturated heterocycles. The van der Waals surface area contributed by atoms with Crippen LogP contribution >= 0.6 is 11.6 Å². The lowest BCUT2D eigenvalue weighted by atomic mass is 10.2. The van der Waals surface area contributed by atoms with Gasteiger partial charge in [0.1, 0.15) is 10.6 Å². The third kappa shape index (κ3) is 4.93. The summed E-state index contributed by atoms with van der Waals surface area (Å²) in [6.45, 7) is 3.79. The lowest BCUT2D eigenvalue weighted by molar-refractivity contribution is 0.102. The molecule has 8 heteroatoms. The summed E-state index contributed by atoms with van der Waals surface area (Å²) < 4.78 is 33.6. The van der Waals surface area contributed by atoms with E-state index in [0.29, 0.717) is 16.4 Å². The number of ether oxygens (including phenoxy) is 1. The number of carbonyl (C=O) groups is 1. The highest BCUT2D eigenvalue weighted by molar-refractivity contribution is 7.92. The van der Waals surface area contributed by atoms with E-state index in [1.54, 1.807) is 36.4 Å². The molecule has 1 amide bonds. The van der Waals surface area contributed by atoms with E-state index < -0.39 is 15.9 Å². The number of rotatable bonds is 6. The molecule has 3 rings (SSSR count). The Balaban J connectivity index is 1.92. The van der Waals surface area contributed by atoms with E-state index in [1.807, 2.05) is 19.9 Å². The molecule has 0 unspecified atom stereocenters. The molecular formula is C22H21ClN2O4S. The van der Waals surface area contributed by atoms with Crippen molar-refractivity contribution in [2.45, 2.75) is 18.7 Å². The first kappa shape index (κ1) is 21.7. The quantitative estimate of drug-likeness (QED) is 0.559. The van der Waals surface area contributed by atoms with Gasteiger partial charge in [0, 0.05) is 11.3 Å². The predicted molar refractivity (Wildman–Crippen MR) is 119 cm³/mol. The fourth-order valence-corrected chi connectivity index (χ4v) is 4.31. The minimum Gasteiger partial charge on any atom is -0.495 e. The number of amides is 1. The van der Waals surface area contributed by atoms with Gasteiger partial charge in [0.05, 0.1) is 17.8 Å². The number of sulfonamides is 1. The monoisotopic (exact) mass is 444 g/mol. The van der Waals surface area contributed by atoms with E-state index in [-0.39, 0.29) is 16.2 Å². The number of carbonyl (C=O) groups excluding carboxylic acids is 1. The average Bonchev–Trinajstić information content (AvgIpc) is 2.71. The predicted octanol–water partition coefficient (Wildman–Crippen LogP) is 5.02. The fourth-order valence-electron chi connectivity index (χ4n) is 2.78. The van der Waals surface area contributed by atoms with Gasteiger partial charge in [0.2, 0.25) is 0 Å². The third-order valence-electron chi connectivity index (χ3n) is 4.39. The van der Waals surface area contributed by atoms with Crippen LogP contribution in [0.15, 0.2) is 65.6 Å². The van der Waals surface area contributed by atoms with Crippen LogP contribution in [0.2, 0.25) is 5.02 Å². The number of anilines is 2. The van der Waals surface area contributed by atoms with E-state index in [4.69, 9.17) is 16.3 Å². The van der Waals surface area contributed by atoms with Gasteiger partial charge in [-0.2, -0.15) is 0 Å². The number of methoxy groups -OCH3 is 1. The Hall–Kier alpha value is -3.03. The van der Waals surface area contributed by atoms with Crippen LogP contribution in [0.5, 0.6) is 5.75 Å². The molecule has 0 bridgehead atoms. The van der Waals surface area contributed by atoms with Crippen molar-refractivity contribution in [3.05, 3.63) is 82.4 Å². The van der Waals surface area contributed by atoms with Gasteiger partial charge in [-0.15, -0.1) is 0 Å². The first-order valence-electron chi connectivity index (χ1n) is 9.04. The van der Waals surface area contributed by atoms with Crippen molar-refractivity contribution in [1.29, 1.82) is 0 Å². The SMILES string of the molecule is COc1ccc(C(=O)Nc2ccc(C)cc2Cl)cc1S(=O)(=O)Nc1ccc(C)cc1. The van der Waals surface area contributed by atoms with Crippen molar-refractivity contribution < 1.29 is 17.9 Å². The van der Waals surface area contributed by atoms with Crippen LogP contribution in [0.25, 0.3) is 0 Å². The zero-order chi connectivity index (χ0) is 21.9. The minimum atomic E-state index is -3.99. The molecule has 156 valence electrons. The van der Waals surface area contributed by atoms with Crippen LogP contribution in [0.4, 0.5) is 11.4 Å². The summed E-state index contributed by atoms with van der Waals surface area (Å²) in [7, 11) is -2.63. The van der Waals surface area contributed by atoms with Crippen LogP contribution in [0.3, 0.4) is 0 Å². The first-order valence-corrected chi connectivity index (χ1v) is 10.9. The van der Waals surface area contributed by atoms with Crippen molar-refractivity contribution in [2.24, 2.45) is 0 Å². The van der Waals surface area contributed by atoms with Crippen molar-refractivity contribution >= 4 is 38.9 Å². The summed E-state index contributed by atoms with van der Waals surface area (Å²) in [5, 5.41) is 3.09. The molecule has 2 N–H and O–H groups in total. The molecule has 3 aromatic rings. The lowest BCUT2D eigenvalue weighted by Crippen LogP contribution is -2.17. The summed E-state index contributed by atoms with van der Waals surface area (Å²) in [5.74, 6) is -0.366. The van der Waals surface area contributed by atoms with Crippen LogP contribution in [-0.4, -0.2) is 21.4 Å². The molecule has 0 aromatic heterocycles. The molecule has 0 saturated carbocycles. The molecule has 0 atom stereocenters. The molecule has 3 aromatic carbocycles. The second kappa shape index (κ2) is 8.77. The van der Waals surface area contributed by atoms with Crippen LogP contribution in [-0.2, 0) is 10.0 Å². The molecule has 0 aliphatic rings. The molecule has 0 fully saturated rings. The Morgan fingerprint density at radius 1 is 0.933 bits per heavy atom. The smallest absolute Gasteiger partial charge is 0.265 e. The number of hydrogen-bond acceptors (Lipinski definition) is 4. The van der Waals surface area contributed by atoms with Crippen LogP contribution in [0, 0.1) is 13.8 Å². The number of nitrogens with one attached hydrogen (secondary N) is 2. The Bertz CT molecular complexity index is 1190. The topological polar surface area (TPSA) is 84.5 Å². The van der Waals surface area contributed by atoms with Gasteiger partial charge >= 0.3 is 0 Å². The molecule has 6 nitrogen and oxygen atoms in total. The largest absolute Gasteiger partial charge is 0.495 e. The van der Waals surface area contributed by atoms with Gasteiger partial charge in [-0.1, -0.05) is 35.4 Å². The van der Waals surface area contributed by atoms with Gasteiger partial charge in [-0.3, -0.25) is 9.52 Å². The van der Waals surface area contributed by atoms with E-state index in [0.717, 1.165) is 11.1 Å². The standard InChI is InChI=1S/C22H21ClN2O4S/c1-14-4-8-17(9-5-14)25-30(27,28)21-13-16(7-11-20(21)29-3)22(26)24-19-10-6-15(2)12-18(19)23/h4-13,25H,1-3H3,(H,24,26). The molecule has 0 heterocycles. The zero-order valence-corrected chi connectivity index (χ0v) is 18.3. The van der Waals surface area contributed by atoms with Gasteiger partial charge in [0.25, 0.3) is 15.9 Å². The number of aryl methyl sites for hydroxylation is 2. The number of benzene rings is 3. The molecular weight excluding hydrogens is 424 g/mol. The van der Waals surface area contributed by atoms with Gasteiger partial charge in [-0.25, -0.2) is 8.42 Å². The third-order valence-corrected chi connectivity index (χ3v) is 6.11. The van der Waals surface area contributed by atoms with Gasteiger partial charge in [0.15, 0.2) is 0 Å².